The van der Waals surface area contributed by atoms with Crippen LogP contribution in [0.1, 0.15) is 78.7 Å². The average molecular weight is 591 g/mol. The molecule has 7 N–H and O–H groups in total. The molecule has 3 atom stereocenters. The molecule has 0 spiro atoms. The van der Waals surface area contributed by atoms with Gasteiger partial charge in [-0.25, -0.2) is 9.78 Å². The number of carbonyl (C=O) groups is 4. The van der Waals surface area contributed by atoms with Crippen LogP contribution in [0.3, 0.4) is 0 Å². The van der Waals surface area contributed by atoms with Crippen LogP contribution in [0.2, 0.25) is 0 Å². The third kappa shape index (κ3) is 9.80. The third-order valence-electron chi connectivity index (χ3n) is 6.99. The molecule has 43 heavy (non-hydrogen) atoms. The van der Waals surface area contributed by atoms with Gasteiger partial charge in [0.05, 0.1) is 0 Å². The summed E-state index contributed by atoms with van der Waals surface area (Å²) in [6.07, 6.45) is 2.20. The Labute approximate surface area is 250 Å². The number of oxazole rings is 1. The molecule has 0 aliphatic rings. The summed E-state index contributed by atoms with van der Waals surface area (Å²) >= 11 is 0. The second kappa shape index (κ2) is 15.9. The Morgan fingerprint density at radius 1 is 0.977 bits per heavy atom. The number of carboxylic acid groups (broad SMARTS) is 1. The Hall–Kier alpha value is -5.00. The number of aliphatic carboxylic acids is 1. The summed E-state index contributed by atoms with van der Waals surface area (Å²) in [4.78, 5) is 58.0. The first kappa shape index (κ1) is 32.5. The molecular weight excluding hydrogens is 552 g/mol. The van der Waals surface area contributed by atoms with Gasteiger partial charge >= 0.3 is 5.97 Å². The minimum absolute atomic E-state index is 0.0166. The molecule has 12 nitrogen and oxygen atoms in total. The summed E-state index contributed by atoms with van der Waals surface area (Å²) in [5.41, 5.74) is 13.0. The smallest absolute Gasteiger partial charge is 0.326 e. The van der Waals surface area contributed by atoms with E-state index in [9.17, 15) is 24.3 Å². The quantitative estimate of drug-likeness (QED) is 0.0716. The molecule has 3 aromatic rings. The number of hydrogen-bond donors (Lipinski definition) is 5. The zero-order chi connectivity index (χ0) is 31.4. The topological polar surface area (TPSA) is 203 Å². The SMILES string of the molecule is CC[C@H](C)[C@H](NC(=O)CCC(=O)c1ccc(-c2ccccc2)cc1)c1nc(C(=O)N[C@@H](CCCN=C(N)N)C(=O)O)co1. The van der Waals surface area contributed by atoms with E-state index >= 15 is 0 Å². The molecule has 1 aromatic heterocycles. The molecule has 12 heteroatoms. The van der Waals surface area contributed by atoms with Gasteiger partial charge in [0.25, 0.3) is 5.91 Å². The number of aliphatic imine (C=N–C) groups is 1. The number of benzene rings is 2. The van der Waals surface area contributed by atoms with E-state index in [0.717, 1.165) is 17.4 Å². The second-order valence-corrected chi connectivity index (χ2v) is 10.2. The first-order valence-electron chi connectivity index (χ1n) is 14.1. The van der Waals surface area contributed by atoms with Crippen LogP contribution in [0.25, 0.3) is 11.1 Å². The number of rotatable bonds is 16. The number of nitrogens with one attached hydrogen (secondary N) is 2. The summed E-state index contributed by atoms with van der Waals surface area (Å²) in [5.74, 6) is -2.57. The molecule has 228 valence electrons. The van der Waals surface area contributed by atoms with Crippen molar-refractivity contribution >= 4 is 29.5 Å². The lowest BCUT2D eigenvalue weighted by molar-refractivity contribution is -0.139. The van der Waals surface area contributed by atoms with E-state index in [-0.39, 0.29) is 61.0 Å². The lowest BCUT2D eigenvalue weighted by atomic mass is 9.98. The van der Waals surface area contributed by atoms with Crippen molar-refractivity contribution in [1.82, 2.24) is 15.6 Å². The van der Waals surface area contributed by atoms with Crippen molar-refractivity contribution in [2.45, 2.75) is 58.0 Å². The molecule has 0 radical (unpaired) electrons. The lowest BCUT2D eigenvalue weighted by Crippen LogP contribution is -2.41. The largest absolute Gasteiger partial charge is 0.480 e. The number of aromatic nitrogens is 1. The van der Waals surface area contributed by atoms with E-state index in [1.165, 1.54) is 0 Å². The normalized spacial score (nSPS) is 12.9. The van der Waals surface area contributed by atoms with E-state index in [1.54, 1.807) is 12.1 Å². The molecule has 2 aromatic carbocycles. The first-order valence-corrected chi connectivity index (χ1v) is 14.1. The molecular formula is C31H38N6O6. The Morgan fingerprint density at radius 3 is 2.28 bits per heavy atom. The van der Waals surface area contributed by atoms with Crippen molar-refractivity contribution in [1.29, 1.82) is 0 Å². The fourth-order valence-electron chi connectivity index (χ4n) is 4.31. The van der Waals surface area contributed by atoms with Crippen molar-refractivity contribution in [3.8, 4) is 11.1 Å². The van der Waals surface area contributed by atoms with Crippen LogP contribution in [-0.2, 0) is 9.59 Å². The number of nitrogens with zero attached hydrogens (tertiary/aromatic N) is 2. The standard InChI is InChI=1S/C31H38N6O6/c1-3-19(2)27(29-36-24(18-43-29)28(40)35-23(30(41)42)10-7-17-34-31(32)33)37-26(39)16-15-25(38)22-13-11-21(12-14-22)20-8-5-4-6-9-20/h4-6,8-9,11-14,18-19,23,27H,3,7,10,15-17H2,1-2H3,(H,35,40)(H,37,39)(H,41,42)(H4,32,33,34)/t19-,23-,27-/m0/s1. The number of carboxylic acids is 1. The molecule has 1 heterocycles. The average Bonchev–Trinajstić information content (AvgIpc) is 3.50. The highest BCUT2D eigenvalue weighted by atomic mass is 16.4. The van der Waals surface area contributed by atoms with Crippen molar-refractivity contribution in [3.63, 3.8) is 0 Å². The highest BCUT2D eigenvalue weighted by Gasteiger charge is 2.28. The van der Waals surface area contributed by atoms with Crippen LogP contribution in [-0.4, -0.2) is 52.2 Å². The van der Waals surface area contributed by atoms with E-state index < -0.39 is 24.0 Å². The van der Waals surface area contributed by atoms with E-state index in [4.69, 9.17) is 15.9 Å². The molecule has 0 unspecified atom stereocenters. The predicted molar refractivity (Wildman–Crippen MR) is 161 cm³/mol. The highest BCUT2D eigenvalue weighted by Crippen LogP contribution is 2.25. The van der Waals surface area contributed by atoms with E-state index in [2.05, 4.69) is 20.6 Å². The number of nitrogens with two attached hydrogens (primary N) is 2. The molecule has 0 aliphatic carbocycles. The van der Waals surface area contributed by atoms with Crippen molar-refractivity contribution < 1.29 is 28.7 Å². The number of ketones is 1. The van der Waals surface area contributed by atoms with Gasteiger partial charge in [0, 0.05) is 24.9 Å². The predicted octanol–water partition coefficient (Wildman–Crippen LogP) is 3.44. The maximum atomic E-state index is 12.8. The molecule has 0 fully saturated rings. The minimum atomic E-state index is -1.21. The van der Waals surface area contributed by atoms with Gasteiger partial charge in [-0.1, -0.05) is 74.9 Å². The zero-order valence-electron chi connectivity index (χ0n) is 24.3. The molecule has 0 saturated carbocycles. The van der Waals surface area contributed by atoms with Crippen LogP contribution >= 0.6 is 0 Å². The van der Waals surface area contributed by atoms with Gasteiger partial charge in [-0.3, -0.25) is 19.4 Å². The van der Waals surface area contributed by atoms with Crippen molar-refractivity contribution in [2.75, 3.05) is 6.54 Å². The summed E-state index contributed by atoms with van der Waals surface area (Å²) in [7, 11) is 0. The Bertz CT molecular complexity index is 1420. The van der Waals surface area contributed by atoms with Crippen LogP contribution < -0.4 is 22.1 Å². The number of carbonyl (C=O) groups excluding carboxylic acids is 3. The fourth-order valence-corrected chi connectivity index (χ4v) is 4.31. The summed E-state index contributed by atoms with van der Waals surface area (Å²) in [6, 6.07) is 15.2. The van der Waals surface area contributed by atoms with Crippen LogP contribution in [0.5, 0.6) is 0 Å². The molecule has 2 amide bonds. The maximum Gasteiger partial charge on any atom is 0.326 e. The van der Waals surface area contributed by atoms with Gasteiger partial charge in [-0.05, 0) is 29.9 Å². The Morgan fingerprint density at radius 2 is 1.65 bits per heavy atom. The second-order valence-electron chi connectivity index (χ2n) is 10.2. The van der Waals surface area contributed by atoms with Gasteiger partial charge in [-0.2, -0.15) is 0 Å². The first-order chi connectivity index (χ1) is 20.6. The summed E-state index contributed by atoms with van der Waals surface area (Å²) < 4.78 is 5.53. The number of guanidine groups is 1. The maximum absolute atomic E-state index is 12.8. The zero-order valence-corrected chi connectivity index (χ0v) is 24.3. The van der Waals surface area contributed by atoms with E-state index in [0.29, 0.717) is 18.4 Å². The Kier molecular flexibility index (Phi) is 12.0. The minimum Gasteiger partial charge on any atom is -0.480 e. The lowest BCUT2D eigenvalue weighted by Gasteiger charge is -2.21. The molecule has 0 bridgehead atoms. The van der Waals surface area contributed by atoms with Crippen LogP contribution in [0, 0.1) is 5.92 Å². The molecule has 3 rings (SSSR count). The van der Waals surface area contributed by atoms with Crippen LogP contribution in [0.4, 0.5) is 0 Å². The fraction of sp³-hybridized carbons (Fsp3) is 0.355. The third-order valence-corrected chi connectivity index (χ3v) is 6.99. The van der Waals surface area contributed by atoms with Gasteiger partial charge in [-0.15, -0.1) is 0 Å². The van der Waals surface area contributed by atoms with Gasteiger partial charge < -0.3 is 31.6 Å². The number of amides is 2. The summed E-state index contributed by atoms with van der Waals surface area (Å²) in [6.45, 7) is 4.05. The van der Waals surface area contributed by atoms with Gasteiger partial charge in [0.15, 0.2) is 17.4 Å². The highest BCUT2D eigenvalue weighted by molar-refractivity contribution is 5.98. The summed E-state index contributed by atoms with van der Waals surface area (Å²) in [5, 5.41) is 14.8. The number of hydrogen-bond acceptors (Lipinski definition) is 7. The van der Waals surface area contributed by atoms with Crippen molar-refractivity contribution in [3.05, 3.63) is 78.0 Å². The van der Waals surface area contributed by atoms with Gasteiger partial charge in [0.1, 0.15) is 18.3 Å². The van der Waals surface area contributed by atoms with Crippen LogP contribution in [0.15, 0.2) is 70.3 Å². The van der Waals surface area contributed by atoms with Crippen molar-refractivity contribution in [2.24, 2.45) is 22.4 Å². The molecule has 0 aliphatic heterocycles. The monoisotopic (exact) mass is 590 g/mol. The number of Topliss-reactive ketones (excluding diaryl/α,β-unsaturated/α-hetero) is 1. The Balaban J connectivity index is 1.58. The van der Waals surface area contributed by atoms with Gasteiger partial charge in [0.2, 0.25) is 11.8 Å². The molecule has 0 saturated heterocycles. The van der Waals surface area contributed by atoms with E-state index in [1.807, 2.05) is 56.3 Å².